The van der Waals surface area contributed by atoms with Crippen LogP contribution in [0.1, 0.15) is 31.9 Å². The van der Waals surface area contributed by atoms with E-state index in [9.17, 15) is 9.90 Å². The summed E-state index contributed by atoms with van der Waals surface area (Å²) >= 11 is 0. The van der Waals surface area contributed by atoms with Crippen LogP contribution in [0, 0.1) is 5.92 Å². The van der Waals surface area contributed by atoms with Gasteiger partial charge in [0.1, 0.15) is 5.75 Å². The molecule has 1 N–H and O–H groups in total. The van der Waals surface area contributed by atoms with Gasteiger partial charge in [0, 0.05) is 12.1 Å². The van der Waals surface area contributed by atoms with Gasteiger partial charge in [0.05, 0.1) is 24.7 Å². The minimum absolute atomic E-state index is 0.0646. The van der Waals surface area contributed by atoms with Crippen LogP contribution in [0.5, 0.6) is 5.75 Å². The highest BCUT2D eigenvalue weighted by atomic mass is 16.5. The Bertz CT molecular complexity index is 709. The Balaban J connectivity index is 2.05. The second-order valence-corrected chi connectivity index (χ2v) is 6.62. The molecule has 3 atom stereocenters. The van der Waals surface area contributed by atoms with Gasteiger partial charge in [-0.1, -0.05) is 37.3 Å². The minimum Gasteiger partial charge on any atom is -0.497 e. The molecule has 1 aliphatic heterocycles. The summed E-state index contributed by atoms with van der Waals surface area (Å²) in [6.07, 6.45) is 0.496. The van der Waals surface area contributed by atoms with Gasteiger partial charge >= 0.3 is 0 Å². The fourth-order valence-electron chi connectivity index (χ4n) is 3.28. The molecule has 24 heavy (non-hydrogen) atoms. The Morgan fingerprint density at radius 3 is 2.33 bits per heavy atom. The first-order chi connectivity index (χ1) is 11.4. The third kappa shape index (κ3) is 2.89. The lowest BCUT2D eigenvalue weighted by Gasteiger charge is -2.46. The SMILES string of the molecule is COc1ccc(N2C(=O)[C@H](C)[C@](C)(O)C[C@H]2c2ccccc2)cc1. The average molecular weight is 325 g/mol. The molecule has 0 aromatic heterocycles. The zero-order chi connectivity index (χ0) is 17.3. The first kappa shape index (κ1) is 16.5. The number of hydrogen-bond acceptors (Lipinski definition) is 3. The van der Waals surface area contributed by atoms with Crippen LogP contribution in [0.25, 0.3) is 0 Å². The molecule has 126 valence electrons. The van der Waals surface area contributed by atoms with Crippen LogP contribution in [0.15, 0.2) is 54.6 Å². The maximum absolute atomic E-state index is 13.0. The molecule has 1 heterocycles. The predicted molar refractivity (Wildman–Crippen MR) is 94.1 cm³/mol. The fourth-order valence-corrected chi connectivity index (χ4v) is 3.28. The monoisotopic (exact) mass is 325 g/mol. The molecule has 0 aliphatic carbocycles. The second-order valence-electron chi connectivity index (χ2n) is 6.62. The lowest BCUT2D eigenvalue weighted by atomic mass is 9.77. The molecule has 1 saturated heterocycles. The highest BCUT2D eigenvalue weighted by Crippen LogP contribution is 2.42. The van der Waals surface area contributed by atoms with Crippen molar-refractivity contribution in [3.8, 4) is 5.75 Å². The Morgan fingerprint density at radius 2 is 1.75 bits per heavy atom. The molecule has 1 amide bonds. The summed E-state index contributed by atoms with van der Waals surface area (Å²) < 4.78 is 5.21. The topological polar surface area (TPSA) is 49.8 Å². The number of aliphatic hydroxyl groups is 1. The van der Waals surface area contributed by atoms with Crippen molar-refractivity contribution in [1.29, 1.82) is 0 Å². The zero-order valence-electron chi connectivity index (χ0n) is 14.3. The van der Waals surface area contributed by atoms with E-state index in [0.29, 0.717) is 6.42 Å². The van der Waals surface area contributed by atoms with Crippen molar-refractivity contribution in [1.82, 2.24) is 0 Å². The van der Waals surface area contributed by atoms with Crippen molar-refractivity contribution >= 4 is 11.6 Å². The summed E-state index contributed by atoms with van der Waals surface area (Å²) in [6, 6.07) is 17.1. The number of nitrogens with zero attached hydrogens (tertiary/aromatic N) is 1. The Labute approximate surface area is 142 Å². The third-order valence-corrected chi connectivity index (χ3v) is 4.99. The number of carbonyl (C=O) groups is 1. The molecular weight excluding hydrogens is 302 g/mol. The molecule has 1 fully saturated rings. The number of anilines is 1. The number of piperidine rings is 1. The van der Waals surface area contributed by atoms with Crippen molar-refractivity contribution in [3.63, 3.8) is 0 Å². The van der Waals surface area contributed by atoms with E-state index >= 15 is 0 Å². The van der Waals surface area contributed by atoms with Crippen LogP contribution in [0.3, 0.4) is 0 Å². The molecular formula is C20H23NO3. The number of methoxy groups -OCH3 is 1. The van der Waals surface area contributed by atoms with E-state index in [4.69, 9.17) is 4.74 Å². The highest BCUT2D eigenvalue weighted by molar-refractivity contribution is 5.97. The standard InChI is InChI=1S/C20H23NO3/c1-14-19(22)21(16-9-11-17(24-3)12-10-16)18(13-20(14,2)23)15-7-5-4-6-8-15/h4-12,14,18,23H,13H2,1-3H3/t14-,18-,20+/m0/s1. The van der Waals surface area contributed by atoms with Gasteiger partial charge in [0.25, 0.3) is 0 Å². The summed E-state index contributed by atoms with van der Waals surface area (Å²) in [4.78, 5) is 14.8. The van der Waals surface area contributed by atoms with Crippen LogP contribution in [-0.2, 0) is 4.79 Å². The molecule has 2 aromatic carbocycles. The smallest absolute Gasteiger partial charge is 0.233 e. The number of hydrogen-bond donors (Lipinski definition) is 1. The second kappa shape index (κ2) is 6.29. The highest BCUT2D eigenvalue weighted by Gasteiger charge is 2.46. The Hall–Kier alpha value is -2.33. The van der Waals surface area contributed by atoms with Gasteiger partial charge in [-0.25, -0.2) is 0 Å². The quantitative estimate of drug-likeness (QED) is 0.939. The van der Waals surface area contributed by atoms with Crippen LogP contribution in [0.4, 0.5) is 5.69 Å². The van der Waals surface area contributed by atoms with E-state index < -0.39 is 11.5 Å². The molecule has 4 heteroatoms. The lowest BCUT2D eigenvalue weighted by molar-refractivity contribution is -0.135. The van der Waals surface area contributed by atoms with Gasteiger partial charge in [0.15, 0.2) is 0 Å². The number of carbonyl (C=O) groups excluding carboxylic acids is 1. The van der Waals surface area contributed by atoms with Crippen LogP contribution >= 0.6 is 0 Å². The summed E-state index contributed by atoms with van der Waals surface area (Å²) in [7, 11) is 1.62. The number of benzene rings is 2. The maximum Gasteiger partial charge on any atom is 0.233 e. The van der Waals surface area contributed by atoms with Crippen molar-refractivity contribution in [3.05, 3.63) is 60.2 Å². The zero-order valence-corrected chi connectivity index (χ0v) is 14.3. The first-order valence-corrected chi connectivity index (χ1v) is 8.18. The molecule has 0 radical (unpaired) electrons. The van der Waals surface area contributed by atoms with Crippen molar-refractivity contribution in [2.75, 3.05) is 12.0 Å². The van der Waals surface area contributed by atoms with E-state index in [1.165, 1.54) is 0 Å². The Kier molecular flexibility index (Phi) is 4.33. The molecule has 0 unspecified atom stereocenters. The van der Waals surface area contributed by atoms with Gasteiger partial charge in [-0.2, -0.15) is 0 Å². The predicted octanol–water partition coefficient (Wildman–Crippen LogP) is 3.56. The normalized spacial score (nSPS) is 27.2. The molecule has 0 saturated carbocycles. The Morgan fingerprint density at radius 1 is 1.12 bits per heavy atom. The van der Waals surface area contributed by atoms with Crippen LogP contribution < -0.4 is 9.64 Å². The van der Waals surface area contributed by atoms with E-state index in [2.05, 4.69) is 0 Å². The maximum atomic E-state index is 13.0. The molecule has 4 nitrogen and oxygen atoms in total. The molecule has 2 aromatic rings. The fraction of sp³-hybridized carbons (Fsp3) is 0.350. The van der Waals surface area contributed by atoms with Crippen LogP contribution in [0.2, 0.25) is 0 Å². The summed E-state index contributed by atoms with van der Waals surface area (Å²) in [5.74, 6) is 0.226. The van der Waals surface area contributed by atoms with Crippen molar-refractivity contribution in [2.24, 2.45) is 5.92 Å². The van der Waals surface area contributed by atoms with Gasteiger partial charge in [0.2, 0.25) is 5.91 Å². The van der Waals surface area contributed by atoms with Crippen molar-refractivity contribution < 1.29 is 14.6 Å². The average Bonchev–Trinajstić information content (AvgIpc) is 2.60. The molecule has 0 spiro atoms. The third-order valence-electron chi connectivity index (χ3n) is 4.99. The van der Waals surface area contributed by atoms with Gasteiger partial charge in [-0.05, 0) is 36.8 Å². The summed E-state index contributed by atoms with van der Waals surface area (Å²) in [5.41, 5.74) is 0.812. The van der Waals surface area contributed by atoms with Crippen molar-refractivity contribution in [2.45, 2.75) is 31.9 Å². The van der Waals surface area contributed by atoms with E-state index in [1.54, 1.807) is 25.9 Å². The summed E-state index contributed by atoms with van der Waals surface area (Å²) in [5, 5.41) is 10.7. The minimum atomic E-state index is -1.03. The molecule has 0 bridgehead atoms. The van der Waals surface area contributed by atoms with Gasteiger partial charge in [-0.3, -0.25) is 4.79 Å². The van der Waals surface area contributed by atoms with Gasteiger partial charge in [-0.15, -0.1) is 0 Å². The van der Waals surface area contributed by atoms with Gasteiger partial charge < -0.3 is 14.7 Å². The number of ether oxygens (including phenoxy) is 1. The molecule has 1 aliphatic rings. The number of amides is 1. The largest absolute Gasteiger partial charge is 0.497 e. The molecule has 3 rings (SSSR count). The van der Waals surface area contributed by atoms with Crippen LogP contribution in [-0.4, -0.2) is 23.7 Å². The van der Waals surface area contributed by atoms with E-state index in [0.717, 1.165) is 17.0 Å². The first-order valence-electron chi connectivity index (χ1n) is 8.18. The lowest BCUT2D eigenvalue weighted by Crippen LogP contribution is -2.54. The van der Waals surface area contributed by atoms with E-state index in [1.807, 2.05) is 54.6 Å². The number of rotatable bonds is 3. The summed E-state index contributed by atoms with van der Waals surface area (Å²) in [6.45, 7) is 3.54. The van der Waals surface area contributed by atoms with E-state index in [-0.39, 0.29) is 11.9 Å².